The van der Waals surface area contributed by atoms with Gasteiger partial charge in [-0.3, -0.25) is 0 Å². The van der Waals surface area contributed by atoms with Gasteiger partial charge in [-0.2, -0.15) is 0 Å². The van der Waals surface area contributed by atoms with E-state index in [1.807, 2.05) is 32.9 Å². The van der Waals surface area contributed by atoms with Crippen molar-refractivity contribution in [3.05, 3.63) is 52.9 Å². The first-order valence-electron chi connectivity index (χ1n) is 9.47. The molecule has 156 valence electrons. The van der Waals surface area contributed by atoms with Gasteiger partial charge in [-0.1, -0.05) is 17.7 Å². The summed E-state index contributed by atoms with van der Waals surface area (Å²) in [5, 5.41) is 0.340. The van der Waals surface area contributed by atoms with Gasteiger partial charge < -0.3 is 19.3 Å². The summed E-state index contributed by atoms with van der Waals surface area (Å²) in [6.07, 6.45) is 1.33. The lowest BCUT2D eigenvalue weighted by Gasteiger charge is -2.37. The molecule has 1 fully saturated rings. The Morgan fingerprint density at radius 2 is 1.93 bits per heavy atom. The molecular weight excluding hydrogens is 397 g/mol. The fourth-order valence-corrected chi connectivity index (χ4v) is 3.13. The molecule has 1 aliphatic rings. The Morgan fingerprint density at radius 3 is 2.59 bits per heavy atom. The standard InChI is InChI=1S/C21H25ClFN3O3/c1-21(2,3)29-20(27)26-11-9-25(10-12-26)18-5-4-8-24-19(18)28-14-15-6-7-16(22)13-17(15)23/h4-8,13H,9-12,14H2,1-3H3. The maximum absolute atomic E-state index is 14.0. The number of ether oxygens (including phenoxy) is 2. The van der Waals surface area contributed by atoms with Crippen molar-refractivity contribution in [2.75, 3.05) is 31.1 Å². The van der Waals surface area contributed by atoms with E-state index in [-0.39, 0.29) is 12.7 Å². The maximum Gasteiger partial charge on any atom is 0.410 e. The molecule has 0 spiro atoms. The minimum Gasteiger partial charge on any atom is -0.471 e. The van der Waals surface area contributed by atoms with E-state index in [0.29, 0.717) is 42.6 Å². The van der Waals surface area contributed by atoms with Crippen molar-refractivity contribution in [1.82, 2.24) is 9.88 Å². The molecule has 0 atom stereocenters. The van der Waals surface area contributed by atoms with Crippen LogP contribution >= 0.6 is 11.6 Å². The Labute approximate surface area is 175 Å². The van der Waals surface area contributed by atoms with Crippen LogP contribution in [-0.4, -0.2) is 47.8 Å². The minimum absolute atomic E-state index is 0.0465. The topological polar surface area (TPSA) is 54.9 Å². The Hall–Kier alpha value is -2.54. The zero-order chi connectivity index (χ0) is 21.0. The molecule has 1 aromatic carbocycles. The highest BCUT2D eigenvalue weighted by molar-refractivity contribution is 6.30. The highest BCUT2D eigenvalue weighted by atomic mass is 35.5. The highest BCUT2D eigenvalue weighted by Crippen LogP contribution is 2.28. The Kier molecular flexibility index (Phi) is 6.47. The molecule has 1 aliphatic heterocycles. The SMILES string of the molecule is CC(C)(C)OC(=O)N1CCN(c2cccnc2OCc2ccc(Cl)cc2F)CC1. The van der Waals surface area contributed by atoms with Crippen LogP contribution in [0.2, 0.25) is 5.02 Å². The molecule has 1 aromatic heterocycles. The highest BCUT2D eigenvalue weighted by Gasteiger charge is 2.27. The normalized spacial score (nSPS) is 14.7. The van der Waals surface area contributed by atoms with Crippen LogP contribution < -0.4 is 9.64 Å². The van der Waals surface area contributed by atoms with E-state index in [2.05, 4.69) is 9.88 Å². The number of benzene rings is 1. The summed E-state index contributed by atoms with van der Waals surface area (Å²) in [7, 11) is 0. The average molecular weight is 422 g/mol. The smallest absolute Gasteiger partial charge is 0.410 e. The number of pyridine rings is 1. The van der Waals surface area contributed by atoms with Crippen LogP contribution in [0.3, 0.4) is 0 Å². The third kappa shape index (κ3) is 5.73. The van der Waals surface area contributed by atoms with Crippen LogP contribution in [0.4, 0.5) is 14.9 Å². The van der Waals surface area contributed by atoms with Crippen molar-refractivity contribution in [3.63, 3.8) is 0 Å². The first kappa shape index (κ1) is 21.2. The number of amides is 1. The minimum atomic E-state index is -0.518. The maximum atomic E-state index is 14.0. The lowest BCUT2D eigenvalue weighted by atomic mass is 10.2. The van der Waals surface area contributed by atoms with Gasteiger partial charge in [-0.15, -0.1) is 0 Å². The summed E-state index contributed by atoms with van der Waals surface area (Å²) in [4.78, 5) is 20.3. The fraction of sp³-hybridized carbons (Fsp3) is 0.429. The van der Waals surface area contributed by atoms with Crippen LogP contribution in [0.5, 0.6) is 5.88 Å². The van der Waals surface area contributed by atoms with Crippen molar-refractivity contribution in [3.8, 4) is 5.88 Å². The van der Waals surface area contributed by atoms with Crippen LogP contribution in [0.25, 0.3) is 0 Å². The van der Waals surface area contributed by atoms with Gasteiger partial charge in [-0.25, -0.2) is 14.2 Å². The fourth-order valence-electron chi connectivity index (χ4n) is 2.98. The zero-order valence-corrected chi connectivity index (χ0v) is 17.6. The quantitative estimate of drug-likeness (QED) is 0.727. The van der Waals surface area contributed by atoms with Gasteiger partial charge in [0.05, 0.1) is 5.69 Å². The Morgan fingerprint density at radius 1 is 1.21 bits per heavy atom. The summed E-state index contributed by atoms with van der Waals surface area (Å²) in [5.74, 6) is 0.00789. The van der Waals surface area contributed by atoms with Crippen molar-refractivity contribution in [2.24, 2.45) is 0 Å². The van der Waals surface area contributed by atoms with Gasteiger partial charge in [0, 0.05) is 43.0 Å². The molecule has 1 saturated heterocycles. The molecule has 0 unspecified atom stereocenters. The van der Waals surface area contributed by atoms with E-state index in [1.54, 1.807) is 23.2 Å². The monoisotopic (exact) mass is 421 g/mol. The number of hydrogen-bond acceptors (Lipinski definition) is 5. The molecule has 6 nitrogen and oxygen atoms in total. The van der Waals surface area contributed by atoms with Crippen molar-refractivity contribution in [2.45, 2.75) is 33.0 Å². The number of anilines is 1. The Balaban J connectivity index is 1.63. The summed E-state index contributed by atoms with van der Waals surface area (Å²) < 4.78 is 25.2. The van der Waals surface area contributed by atoms with Crippen molar-refractivity contribution in [1.29, 1.82) is 0 Å². The molecule has 0 N–H and O–H groups in total. The van der Waals surface area contributed by atoms with Gasteiger partial charge in [0.15, 0.2) is 0 Å². The number of carbonyl (C=O) groups excluding carboxylic acids is 1. The summed E-state index contributed by atoms with van der Waals surface area (Å²) >= 11 is 5.79. The summed E-state index contributed by atoms with van der Waals surface area (Å²) in [6, 6.07) is 8.21. The molecule has 0 aliphatic carbocycles. The van der Waals surface area contributed by atoms with Crippen molar-refractivity contribution >= 4 is 23.4 Å². The molecule has 0 saturated carbocycles. The molecule has 29 heavy (non-hydrogen) atoms. The number of piperazine rings is 1. The molecular formula is C21H25ClFN3O3. The van der Waals surface area contributed by atoms with Crippen LogP contribution in [0.1, 0.15) is 26.3 Å². The number of aromatic nitrogens is 1. The molecule has 0 bridgehead atoms. The van der Waals surface area contributed by atoms with E-state index in [4.69, 9.17) is 21.1 Å². The second-order valence-electron chi connectivity index (χ2n) is 7.81. The van der Waals surface area contributed by atoms with E-state index in [1.165, 1.54) is 6.07 Å². The Bertz CT molecular complexity index is 864. The van der Waals surface area contributed by atoms with Gasteiger partial charge in [-0.05, 0) is 45.0 Å². The molecule has 2 aromatic rings. The molecule has 0 radical (unpaired) electrons. The largest absolute Gasteiger partial charge is 0.471 e. The van der Waals surface area contributed by atoms with Gasteiger partial charge in [0.1, 0.15) is 18.0 Å². The van der Waals surface area contributed by atoms with Gasteiger partial charge >= 0.3 is 6.09 Å². The first-order valence-corrected chi connectivity index (χ1v) is 9.85. The number of carbonyl (C=O) groups is 1. The second kappa shape index (κ2) is 8.86. The third-order valence-electron chi connectivity index (χ3n) is 4.40. The van der Waals surface area contributed by atoms with Crippen LogP contribution in [-0.2, 0) is 11.3 Å². The van der Waals surface area contributed by atoms with Gasteiger partial charge in [0.25, 0.3) is 0 Å². The van der Waals surface area contributed by atoms with Gasteiger partial charge in [0.2, 0.25) is 5.88 Å². The number of nitrogens with zero attached hydrogens (tertiary/aromatic N) is 3. The lowest BCUT2D eigenvalue weighted by Crippen LogP contribution is -2.50. The van der Waals surface area contributed by atoms with E-state index < -0.39 is 11.4 Å². The average Bonchev–Trinajstić information content (AvgIpc) is 2.66. The summed E-state index contributed by atoms with van der Waals surface area (Å²) in [5.41, 5.74) is 0.696. The van der Waals surface area contributed by atoms with E-state index >= 15 is 0 Å². The van der Waals surface area contributed by atoms with Crippen molar-refractivity contribution < 1.29 is 18.7 Å². The lowest BCUT2D eigenvalue weighted by molar-refractivity contribution is 0.0240. The molecule has 1 amide bonds. The zero-order valence-electron chi connectivity index (χ0n) is 16.8. The molecule has 2 heterocycles. The first-order chi connectivity index (χ1) is 13.7. The third-order valence-corrected chi connectivity index (χ3v) is 4.64. The number of hydrogen-bond donors (Lipinski definition) is 0. The molecule has 3 rings (SSSR count). The van der Waals surface area contributed by atoms with Crippen LogP contribution in [0.15, 0.2) is 36.5 Å². The number of rotatable bonds is 4. The molecule has 8 heteroatoms. The van der Waals surface area contributed by atoms with E-state index in [9.17, 15) is 9.18 Å². The number of halogens is 2. The van der Waals surface area contributed by atoms with E-state index in [0.717, 1.165) is 5.69 Å². The van der Waals surface area contributed by atoms with Crippen LogP contribution in [0, 0.1) is 5.82 Å². The second-order valence-corrected chi connectivity index (χ2v) is 8.24. The predicted octanol–water partition coefficient (Wildman–Crippen LogP) is 4.51. The predicted molar refractivity (Wildman–Crippen MR) is 110 cm³/mol. The summed E-state index contributed by atoms with van der Waals surface area (Å²) in [6.45, 7) is 7.92.